The molecule has 0 amide bonds. The van der Waals surface area contributed by atoms with Crippen LogP contribution in [0, 0.1) is 11.6 Å². The van der Waals surface area contributed by atoms with Crippen LogP contribution >= 0.6 is 0 Å². The van der Waals surface area contributed by atoms with E-state index >= 15 is 0 Å². The van der Waals surface area contributed by atoms with E-state index in [1.54, 1.807) is 18.2 Å². The molecule has 3 nitrogen and oxygen atoms in total. The molecule has 0 heterocycles. The van der Waals surface area contributed by atoms with Crippen molar-refractivity contribution in [3.8, 4) is 0 Å². The van der Waals surface area contributed by atoms with Crippen molar-refractivity contribution >= 4 is 34.6 Å². The fraction of sp³-hybridized carbons (Fsp3) is 0.0938. The minimum atomic E-state index is -0.950. The van der Waals surface area contributed by atoms with Gasteiger partial charge >= 0.3 is 5.97 Å². The van der Waals surface area contributed by atoms with Gasteiger partial charge in [-0.05, 0) is 101 Å². The predicted octanol–water partition coefficient (Wildman–Crippen LogP) is 8.11. The summed E-state index contributed by atoms with van der Waals surface area (Å²) >= 11 is 0. The Morgan fingerprint density at radius 2 is 1.43 bits per heavy atom. The van der Waals surface area contributed by atoms with E-state index in [0.717, 1.165) is 39.2 Å². The smallest absolute Gasteiger partial charge is 0.307 e. The first-order valence-electron chi connectivity index (χ1n) is 12.0. The first kappa shape index (κ1) is 24.2. The number of carboxylic acid groups (broad SMARTS) is 1. The molecule has 0 fully saturated rings. The first-order chi connectivity index (χ1) is 17.9. The Balaban J connectivity index is 1.50. The monoisotopic (exact) mass is 493 g/mol. The molecule has 1 aliphatic rings. The van der Waals surface area contributed by atoms with E-state index in [9.17, 15) is 18.7 Å². The van der Waals surface area contributed by atoms with Crippen LogP contribution in [0.5, 0.6) is 0 Å². The number of hydrogen-bond donors (Lipinski definition) is 1. The molecular formula is C32H25F2NO2. The molecule has 4 aromatic rings. The largest absolute Gasteiger partial charge is 0.481 e. The van der Waals surface area contributed by atoms with Crippen LogP contribution in [0.2, 0.25) is 0 Å². The minimum absolute atomic E-state index is 0.162. The van der Waals surface area contributed by atoms with Crippen LogP contribution in [0.3, 0.4) is 0 Å². The fourth-order valence-corrected chi connectivity index (χ4v) is 4.77. The van der Waals surface area contributed by atoms with E-state index in [1.807, 2.05) is 55.5 Å². The fourth-order valence-electron chi connectivity index (χ4n) is 4.77. The maximum absolute atomic E-state index is 14.0. The van der Waals surface area contributed by atoms with Gasteiger partial charge in [-0.2, -0.15) is 0 Å². The molecule has 37 heavy (non-hydrogen) atoms. The van der Waals surface area contributed by atoms with Gasteiger partial charge in [-0.15, -0.1) is 0 Å². The molecule has 0 atom stereocenters. The summed E-state index contributed by atoms with van der Waals surface area (Å²) in [7, 11) is 0. The number of halogens is 2. The number of carboxylic acids is 1. The predicted molar refractivity (Wildman–Crippen MR) is 144 cm³/mol. The summed E-state index contributed by atoms with van der Waals surface area (Å²) in [6, 6.07) is 29.0. The molecule has 4 aromatic carbocycles. The Bertz CT molecular complexity index is 1510. The maximum atomic E-state index is 14.0. The van der Waals surface area contributed by atoms with Crippen LogP contribution in [0.1, 0.15) is 35.6 Å². The van der Waals surface area contributed by atoms with E-state index in [2.05, 4.69) is 17.0 Å². The van der Waals surface area contributed by atoms with Crippen LogP contribution in [-0.2, 0) is 11.3 Å². The Labute approximate surface area is 214 Å². The standard InChI is InChI=1S/C32H25F2NO2/c1-21-29(28-16-11-25(34)18-31(28)30(21)19-32(36)37)17-22-7-12-26(13-8-22)35(20-23-5-3-2-4-6-23)27-14-9-24(33)10-15-27/h2-18H,19-20H2,1H3,(H,36,37)/b29-17-. The zero-order valence-corrected chi connectivity index (χ0v) is 20.3. The number of benzene rings is 4. The third kappa shape index (κ3) is 5.21. The van der Waals surface area contributed by atoms with Gasteiger partial charge in [-0.25, -0.2) is 8.78 Å². The lowest BCUT2D eigenvalue weighted by atomic mass is 10.0. The molecule has 0 aliphatic heterocycles. The molecule has 0 unspecified atom stereocenters. The third-order valence-electron chi connectivity index (χ3n) is 6.62. The van der Waals surface area contributed by atoms with Gasteiger partial charge in [0.1, 0.15) is 11.6 Å². The number of hydrogen-bond acceptors (Lipinski definition) is 2. The van der Waals surface area contributed by atoms with Crippen molar-refractivity contribution in [1.29, 1.82) is 0 Å². The summed E-state index contributed by atoms with van der Waals surface area (Å²) in [6.07, 6.45) is 1.84. The summed E-state index contributed by atoms with van der Waals surface area (Å²) in [5.74, 6) is -1.62. The van der Waals surface area contributed by atoms with Crippen molar-refractivity contribution in [2.24, 2.45) is 0 Å². The van der Waals surface area contributed by atoms with Gasteiger partial charge in [0.2, 0.25) is 0 Å². The average molecular weight is 494 g/mol. The van der Waals surface area contributed by atoms with E-state index in [-0.39, 0.29) is 18.1 Å². The van der Waals surface area contributed by atoms with E-state index < -0.39 is 5.97 Å². The van der Waals surface area contributed by atoms with E-state index in [0.29, 0.717) is 17.7 Å². The van der Waals surface area contributed by atoms with Gasteiger partial charge in [-0.1, -0.05) is 48.5 Å². The number of fused-ring (bicyclic) bond motifs is 1. The van der Waals surface area contributed by atoms with Crippen LogP contribution in [0.25, 0.3) is 17.2 Å². The lowest BCUT2D eigenvalue weighted by Crippen LogP contribution is -2.16. The summed E-state index contributed by atoms with van der Waals surface area (Å²) in [5.41, 5.74) is 7.70. The van der Waals surface area contributed by atoms with E-state index in [4.69, 9.17) is 0 Å². The molecule has 0 bridgehead atoms. The lowest BCUT2D eigenvalue weighted by Gasteiger charge is -2.25. The topological polar surface area (TPSA) is 40.5 Å². The van der Waals surface area contributed by atoms with Gasteiger partial charge in [0.15, 0.2) is 0 Å². The highest BCUT2D eigenvalue weighted by atomic mass is 19.1. The second kappa shape index (κ2) is 10.2. The van der Waals surface area contributed by atoms with Crippen molar-refractivity contribution in [3.63, 3.8) is 0 Å². The molecule has 5 rings (SSSR count). The molecule has 0 aromatic heterocycles. The van der Waals surface area contributed by atoms with E-state index in [1.165, 1.54) is 24.3 Å². The molecule has 184 valence electrons. The summed E-state index contributed by atoms with van der Waals surface area (Å²) < 4.78 is 27.6. The van der Waals surface area contributed by atoms with Crippen molar-refractivity contribution in [1.82, 2.24) is 0 Å². The molecule has 0 saturated heterocycles. The number of nitrogens with zero attached hydrogens (tertiary/aromatic N) is 1. The highest BCUT2D eigenvalue weighted by Gasteiger charge is 2.25. The third-order valence-corrected chi connectivity index (χ3v) is 6.62. The SMILES string of the molecule is CC1=C(CC(=O)O)c2cc(F)ccc2/C1=C\c1ccc(N(Cc2ccccc2)c2ccc(F)cc2)cc1. The number of carbonyl (C=O) groups is 1. The van der Waals surface area contributed by atoms with Gasteiger partial charge in [-0.3, -0.25) is 4.79 Å². The molecule has 1 N–H and O–H groups in total. The molecule has 0 saturated carbocycles. The molecule has 5 heteroatoms. The average Bonchev–Trinajstić information content (AvgIpc) is 3.14. The second-order valence-corrected chi connectivity index (χ2v) is 9.06. The first-order valence-corrected chi connectivity index (χ1v) is 12.0. The lowest BCUT2D eigenvalue weighted by molar-refractivity contribution is -0.135. The quantitative estimate of drug-likeness (QED) is 0.283. The highest BCUT2D eigenvalue weighted by molar-refractivity contribution is 6.07. The van der Waals surface area contributed by atoms with Crippen LogP contribution < -0.4 is 4.90 Å². The Kier molecular flexibility index (Phi) is 6.69. The van der Waals surface area contributed by atoms with Gasteiger partial charge in [0, 0.05) is 17.9 Å². The number of rotatable bonds is 7. The van der Waals surface area contributed by atoms with Crippen LogP contribution in [0.4, 0.5) is 20.2 Å². The maximum Gasteiger partial charge on any atom is 0.307 e. The summed E-state index contributed by atoms with van der Waals surface area (Å²) in [4.78, 5) is 13.6. The summed E-state index contributed by atoms with van der Waals surface area (Å²) in [6.45, 7) is 2.50. The van der Waals surface area contributed by atoms with Gasteiger partial charge in [0.25, 0.3) is 0 Å². The highest BCUT2D eigenvalue weighted by Crippen LogP contribution is 2.44. The Hall–Kier alpha value is -4.51. The zero-order chi connectivity index (χ0) is 25.9. The molecule has 0 radical (unpaired) electrons. The van der Waals surface area contributed by atoms with Crippen LogP contribution in [0.15, 0.2) is 103 Å². The van der Waals surface area contributed by atoms with Crippen molar-refractivity contribution in [3.05, 3.63) is 137 Å². The van der Waals surface area contributed by atoms with Crippen molar-refractivity contribution < 1.29 is 18.7 Å². The minimum Gasteiger partial charge on any atom is -0.481 e. The van der Waals surface area contributed by atoms with Crippen molar-refractivity contribution in [2.75, 3.05) is 4.90 Å². The molecule has 0 spiro atoms. The van der Waals surface area contributed by atoms with Crippen molar-refractivity contribution in [2.45, 2.75) is 19.9 Å². The second-order valence-electron chi connectivity index (χ2n) is 9.06. The van der Waals surface area contributed by atoms with Gasteiger partial charge < -0.3 is 10.0 Å². The Morgan fingerprint density at radius 3 is 2.08 bits per heavy atom. The molecule has 1 aliphatic carbocycles. The molecular weight excluding hydrogens is 468 g/mol. The normalized spacial score (nSPS) is 13.6. The number of allylic oxidation sites excluding steroid dienone is 2. The zero-order valence-electron chi connectivity index (χ0n) is 20.3. The van der Waals surface area contributed by atoms with Gasteiger partial charge in [0.05, 0.1) is 6.42 Å². The Morgan fingerprint density at radius 1 is 0.811 bits per heavy atom. The number of anilines is 2. The number of aliphatic carboxylic acids is 1. The summed E-state index contributed by atoms with van der Waals surface area (Å²) in [5, 5.41) is 9.39. The van der Waals surface area contributed by atoms with Crippen LogP contribution in [-0.4, -0.2) is 11.1 Å².